The zero-order chi connectivity index (χ0) is 10.9. The van der Waals surface area contributed by atoms with Gasteiger partial charge in [0.1, 0.15) is 5.82 Å². The summed E-state index contributed by atoms with van der Waals surface area (Å²) in [4.78, 5) is 4.31. The maximum absolute atomic E-state index is 8.64. The van der Waals surface area contributed by atoms with E-state index in [2.05, 4.69) is 23.3 Å². The highest BCUT2D eigenvalue weighted by Crippen LogP contribution is 2.12. The zero-order valence-electron chi connectivity index (χ0n) is 9.07. The number of aliphatic hydroxyl groups excluding tert-OH is 1. The number of pyridine rings is 1. The van der Waals surface area contributed by atoms with Crippen LogP contribution in [0.4, 0.5) is 5.82 Å². The molecule has 0 spiro atoms. The predicted octanol–water partition coefficient (Wildman–Crippen LogP) is 2.13. The molecule has 3 nitrogen and oxygen atoms in total. The monoisotopic (exact) mass is 226 g/mol. The predicted molar refractivity (Wildman–Crippen MR) is 66.3 cm³/mol. The molecule has 1 rings (SSSR count). The van der Waals surface area contributed by atoms with Gasteiger partial charge in [-0.15, -0.1) is 0 Å². The van der Waals surface area contributed by atoms with Crippen LogP contribution in [0.1, 0.15) is 18.9 Å². The fraction of sp³-hybridized carbons (Fsp3) is 0.545. The quantitative estimate of drug-likeness (QED) is 0.699. The average Bonchev–Trinajstić information content (AvgIpc) is 2.28. The van der Waals surface area contributed by atoms with Crippen molar-refractivity contribution in [3.63, 3.8) is 0 Å². The maximum Gasteiger partial charge on any atom is 0.125 e. The van der Waals surface area contributed by atoms with Crippen molar-refractivity contribution in [2.45, 2.75) is 19.1 Å². The highest BCUT2D eigenvalue weighted by atomic mass is 32.2. The summed E-state index contributed by atoms with van der Waals surface area (Å²) in [6.07, 6.45) is 3.00. The molecule has 0 fully saturated rings. The summed E-state index contributed by atoms with van der Waals surface area (Å²) < 4.78 is 0. The van der Waals surface area contributed by atoms with Gasteiger partial charge in [0.25, 0.3) is 0 Å². The van der Waals surface area contributed by atoms with Crippen LogP contribution in [0, 0.1) is 0 Å². The number of nitrogens with zero attached hydrogens (tertiary/aromatic N) is 1. The highest BCUT2D eigenvalue weighted by molar-refractivity contribution is 7.98. The average molecular weight is 226 g/mol. The van der Waals surface area contributed by atoms with E-state index in [1.165, 1.54) is 5.56 Å². The molecule has 0 unspecified atom stereocenters. The van der Waals surface area contributed by atoms with Gasteiger partial charge in [-0.2, -0.15) is 11.8 Å². The molecule has 0 radical (unpaired) electrons. The molecule has 1 heterocycles. The molecule has 15 heavy (non-hydrogen) atoms. The first-order valence-corrected chi connectivity index (χ1v) is 6.39. The van der Waals surface area contributed by atoms with Crippen molar-refractivity contribution in [3.05, 3.63) is 23.9 Å². The molecule has 1 aromatic heterocycles. The van der Waals surface area contributed by atoms with E-state index in [1.807, 2.05) is 12.3 Å². The highest BCUT2D eigenvalue weighted by Gasteiger charge is 1.95. The molecule has 1 aromatic rings. The molecule has 0 amide bonds. The first-order valence-electron chi connectivity index (χ1n) is 5.24. The van der Waals surface area contributed by atoms with Gasteiger partial charge in [-0.05, 0) is 18.1 Å². The van der Waals surface area contributed by atoms with Gasteiger partial charge in [0.2, 0.25) is 0 Å². The Bertz CT molecular complexity index is 264. The van der Waals surface area contributed by atoms with Crippen molar-refractivity contribution in [1.82, 2.24) is 4.98 Å². The number of anilines is 1. The van der Waals surface area contributed by atoms with Crippen LogP contribution in [0.15, 0.2) is 18.3 Å². The summed E-state index contributed by atoms with van der Waals surface area (Å²) in [5, 5.41) is 11.9. The van der Waals surface area contributed by atoms with E-state index in [9.17, 15) is 0 Å². The molecule has 84 valence electrons. The van der Waals surface area contributed by atoms with Gasteiger partial charge in [-0.1, -0.05) is 13.0 Å². The molecule has 0 atom stereocenters. The van der Waals surface area contributed by atoms with Gasteiger partial charge in [0.05, 0.1) is 6.61 Å². The van der Waals surface area contributed by atoms with Crippen molar-refractivity contribution in [2.75, 3.05) is 24.2 Å². The standard InChI is InChI=1S/C11H18N2OS/c1-2-5-12-11-4-3-10(8-13-11)9-15-7-6-14/h3-4,8,14H,2,5-7,9H2,1H3,(H,12,13). The molecule has 0 bridgehead atoms. The molecule has 0 saturated heterocycles. The lowest BCUT2D eigenvalue weighted by atomic mass is 10.3. The molecule has 0 aliphatic rings. The fourth-order valence-corrected chi connectivity index (χ4v) is 1.80. The van der Waals surface area contributed by atoms with E-state index in [0.29, 0.717) is 0 Å². The summed E-state index contributed by atoms with van der Waals surface area (Å²) >= 11 is 1.72. The molecule has 0 saturated carbocycles. The van der Waals surface area contributed by atoms with Crippen LogP contribution in [-0.4, -0.2) is 29.0 Å². The van der Waals surface area contributed by atoms with Crippen molar-refractivity contribution >= 4 is 17.6 Å². The lowest BCUT2D eigenvalue weighted by molar-refractivity contribution is 0.322. The number of nitrogens with one attached hydrogen (secondary N) is 1. The Morgan fingerprint density at radius 3 is 2.93 bits per heavy atom. The third-order valence-electron chi connectivity index (χ3n) is 1.89. The van der Waals surface area contributed by atoms with Crippen molar-refractivity contribution in [2.24, 2.45) is 0 Å². The number of thioether (sulfide) groups is 1. The first kappa shape index (κ1) is 12.3. The van der Waals surface area contributed by atoms with Gasteiger partial charge in [0.15, 0.2) is 0 Å². The van der Waals surface area contributed by atoms with Gasteiger partial charge in [-0.3, -0.25) is 0 Å². The Balaban J connectivity index is 2.35. The second kappa shape index (κ2) is 7.54. The van der Waals surface area contributed by atoms with Crippen LogP contribution in [0.3, 0.4) is 0 Å². The summed E-state index contributed by atoms with van der Waals surface area (Å²) in [5.74, 6) is 2.64. The summed E-state index contributed by atoms with van der Waals surface area (Å²) in [6, 6.07) is 4.08. The smallest absolute Gasteiger partial charge is 0.125 e. The fourth-order valence-electron chi connectivity index (χ4n) is 1.12. The lowest BCUT2D eigenvalue weighted by Crippen LogP contribution is -2.01. The van der Waals surface area contributed by atoms with Crippen LogP contribution in [0.5, 0.6) is 0 Å². The third-order valence-corrected chi connectivity index (χ3v) is 2.89. The normalized spacial score (nSPS) is 10.3. The Morgan fingerprint density at radius 2 is 2.33 bits per heavy atom. The van der Waals surface area contributed by atoms with Crippen LogP contribution in [0.2, 0.25) is 0 Å². The minimum absolute atomic E-state index is 0.244. The molecule has 0 aliphatic carbocycles. The minimum Gasteiger partial charge on any atom is -0.396 e. The Kier molecular flexibility index (Phi) is 6.20. The second-order valence-corrected chi connectivity index (χ2v) is 4.36. The summed E-state index contributed by atoms with van der Waals surface area (Å²) in [6.45, 7) is 3.34. The van der Waals surface area contributed by atoms with E-state index in [-0.39, 0.29) is 6.61 Å². The largest absolute Gasteiger partial charge is 0.396 e. The Hall–Kier alpha value is -0.740. The number of aliphatic hydroxyl groups is 1. The van der Waals surface area contributed by atoms with Crippen molar-refractivity contribution in [1.29, 1.82) is 0 Å². The molecule has 2 N–H and O–H groups in total. The van der Waals surface area contributed by atoms with E-state index in [0.717, 1.165) is 30.3 Å². The van der Waals surface area contributed by atoms with Gasteiger partial charge in [0, 0.05) is 24.2 Å². The number of hydrogen-bond acceptors (Lipinski definition) is 4. The van der Waals surface area contributed by atoms with E-state index < -0.39 is 0 Å². The van der Waals surface area contributed by atoms with E-state index >= 15 is 0 Å². The van der Waals surface area contributed by atoms with Crippen LogP contribution in [-0.2, 0) is 5.75 Å². The van der Waals surface area contributed by atoms with Crippen LogP contribution in [0.25, 0.3) is 0 Å². The van der Waals surface area contributed by atoms with Gasteiger partial charge < -0.3 is 10.4 Å². The first-order chi connectivity index (χ1) is 7.36. The molecular formula is C11H18N2OS. The Morgan fingerprint density at radius 1 is 1.47 bits per heavy atom. The minimum atomic E-state index is 0.244. The van der Waals surface area contributed by atoms with Crippen molar-refractivity contribution in [3.8, 4) is 0 Å². The SMILES string of the molecule is CCCNc1ccc(CSCCO)cn1. The van der Waals surface area contributed by atoms with Crippen LogP contribution < -0.4 is 5.32 Å². The molecule has 0 aromatic carbocycles. The van der Waals surface area contributed by atoms with E-state index in [4.69, 9.17) is 5.11 Å². The number of aromatic nitrogens is 1. The van der Waals surface area contributed by atoms with Crippen LogP contribution >= 0.6 is 11.8 Å². The second-order valence-electron chi connectivity index (χ2n) is 3.25. The lowest BCUT2D eigenvalue weighted by Gasteiger charge is -2.04. The summed E-state index contributed by atoms with van der Waals surface area (Å²) in [7, 11) is 0. The van der Waals surface area contributed by atoms with Gasteiger partial charge in [-0.25, -0.2) is 4.98 Å². The molecule has 0 aliphatic heterocycles. The number of rotatable bonds is 7. The summed E-state index contributed by atoms with van der Waals surface area (Å²) in [5.41, 5.74) is 1.20. The maximum atomic E-state index is 8.64. The van der Waals surface area contributed by atoms with Crippen molar-refractivity contribution < 1.29 is 5.11 Å². The van der Waals surface area contributed by atoms with Gasteiger partial charge >= 0.3 is 0 Å². The molecule has 4 heteroatoms. The molecular weight excluding hydrogens is 208 g/mol. The number of hydrogen-bond donors (Lipinski definition) is 2. The third kappa shape index (κ3) is 5.04. The van der Waals surface area contributed by atoms with E-state index in [1.54, 1.807) is 11.8 Å². The zero-order valence-corrected chi connectivity index (χ0v) is 9.89. The topological polar surface area (TPSA) is 45.1 Å². The Labute approximate surface area is 95.3 Å².